The first kappa shape index (κ1) is 15.2. The highest BCUT2D eigenvalue weighted by Gasteiger charge is 2.21. The quantitative estimate of drug-likeness (QED) is 0.770. The van der Waals surface area contributed by atoms with E-state index in [1.54, 1.807) is 11.8 Å². The van der Waals surface area contributed by atoms with Gasteiger partial charge in [-0.3, -0.25) is 9.48 Å². The van der Waals surface area contributed by atoms with Gasteiger partial charge in [-0.05, 0) is 19.1 Å². The summed E-state index contributed by atoms with van der Waals surface area (Å²) in [5.41, 5.74) is 1.97. The number of hydrogen-bond acceptors (Lipinski definition) is 3. The van der Waals surface area contributed by atoms with Gasteiger partial charge in [-0.25, -0.2) is 0 Å². The normalized spacial score (nSPS) is 10.8. The van der Waals surface area contributed by atoms with Crippen LogP contribution in [-0.2, 0) is 11.3 Å². The average molecular weight is 358 g/mol. The van der Waals surface area contributed by atoms with Crippen LogP contribution in [0.15, 0.2) is 28.9 Å². The van der Waals surface area contributed by atoms with Crippen LogP contribution in [0.2, 0.25) is 5.02 Å². The first-order valence-corrected chi connectivity index (χ1v) is 7.22. The summed E-state index contributed by atoms with van der Waals surface area (Å²) in [6.45, 7) is 2.88. The van der Waals surface area contributed by atoms with E-state index < -0.39 is 0 Å². The number of aromatic nitrogens is 2. The molecule has 0 unspecified atom stereocenters. The summed E-state index contributed by atoms with van der Waals surface area (Å²) in [6.07, 6.45) is 1.48. The Hall–Kier alpha value is -1.17. The van der Waals surface area contributed by atoms with Crippen molar-refractivity contribution in [2.24, 2.45) is 0 Å². The fourth-order valence-electron chi connectivity index (χ4n) is 1.88. The molecule has 0 saturated carbocycles. The largest absolute Gasteiger partial charge is 0.383 e. The molecule has 0 amide bonds. The van der Waals surface area contributed by atoms with Crippen molar-refractivity contribution in [1.29, 1.82) is 0 Å². The molecule has 0 bridgehead atoms. The zero-order valence-electron chi connectivity index (χ0n) is 11.2. The van der Waals surface area contributed by atoms with E-state index in [1.807, 2.05) is 25.1 Å². The molecule has 2 rings (SSSR count). The molecular weight excluding hydrogens is 344 g/mol. The number of ketones is 1. The van der Waals surface area contributed by atoms with Crippen molar-refractivity contribution in [2.45, 2.75) is 13.5 Å². The topological polar surface area (TPSA) is 44.1 Å². The van der Waals surface area contributed by atoms with Crippen LogP contribution in [0.25, 0.3) is 0 Å². The Bertz CT molecular complexity index is 640. The summed E-state index contributed by atoms with van der Waals surface area (Å²) >= 11 is 9.50. The minimum absolute atomic E-state index is 0.154. The Kier molecular flexibility index (Phi) is 4.96. The Morgan fingerprint density at radius 2 is 2.25 bits per heavy atom. The minimum atomic E-state index is -0.154. The maximum atomic E-state index is 12.7. The highest BCUT2D eigenvalue weighted by atomic mass is 79.9. The van der Waals surface area contributed by atoms with Crippen molar-refractivity contribution in [3.63, 3.8) is 0 Å². The average Bonchev–Trinajstić information content (AvgIpc) is 2.79. The van der Waals surface area contributed by atoms with E-state index in [2.05, 4.69) is 21.0 Å². The lowest BCUT2D eigenvalue weighted by Crippen LogP contribution is -2.15. The van der Waals surface area contributed by atoms with Gasteiger partial charge in [-0.1, -0.05) is 39.2 Å². The number of hydrogen-bond donors (Lipinski definition) is 0. The van der Waals surface area contributed by atoms with Crippen LogP contribution in [0.5, 0.6) is 0 Å². The van der Waals surface area contributed by atoms with E-state index in [0.717, 1.165) is 10.0 Å². The number of nitrogens with zero attached hydrogens (tertiary/aromatic N) is 2. The second-order valence-corrected chi connectivity index (χ2v) is 5.63. The van der Waals surface area contributed by atoms with Gasteiger partial charge < -0.3 is 4.74 Å². The number of carbonyl (C=O) groups is 1. The molecule has 0 atom stereocenters. The van der Waals surface area contributed by atoms with Gasteiger partial charge in [-0.15, -0.1) is 0 Å². The van der Waals surface area contributed by atoms with Crippen LogP contribution < -0.4 is 0 Å². The smallest absolute Gasteiger partial charge is 0.213 e. The van der Waals surface area contributed by atoms with Gasteiger partial charge in [0.2, 0.25) is 5.78 Å². The summed E-state index contributed by atoms with van der Waals surface area (Å²) in [7, 11) is 1.60. The molecule has 106 valence electrons. The van der Waals surface area contributed by atoms with Crippen molar-refractivity contribution in [3.05, 3.63) is 50.7 Å². The molecule has 0 aliphatic carbocycles. The Morgan fingerprint density at radius 1 is 1.50 bits per heavy atom. The predicted octanol–water partition coefficient (Wildman–Crippen LogP) is 3.48. The summed E-state index contributed by atoms with van der Waals surface area (Å²) < 4.78 is 7.33. The number of methoxy groups -OCH3 is 1. The highest BCUT2D eigenvalue weighted by molar-refractivity contribution is 9.10. The number of benzene rings is 1. The molecule has 1 aromatic carbocycles. The lowest BCUT2D eigenvalue weighted by molar-refractivity contribution is 0.102. The van der Waals surface area contributed by atoms with Gasteiger partial charge in [0, 0.05) is 17.1 Å². The third-order valence-corrected chi connectivity index (χ3v) is 3.85. The van der Waals surface area contributed by atoms with Crippen molar-refractivity contribution in [1.82, 2.24) is 9.78 Å². The van der Waals surface area contributed by atoms with Gasteiger partial charge in [-0.2, -0.15) is 5.10 Å². The lowest BCUT2D eigenvalue weighted by atomic mass is 10.1. The zero-order valence-corrected chi connectivity index (χ0v) is 13.5. The van der Waals surface area contributed by atoms with Crippen LogP contribution in [0, 0.1) is 6.92 Å². The number of ether oxygens (including phenoxy) is 1. The summed E-state index contributed by atoms with van der Waals surface area (Å²) in [4.78, 5) is 12.7. The van der Waals surface area contributed by atoms with Crippen LogP contribution in [0.1, 0.15) is 21.6 Å². The molecule has 1 aromatic heterocycles. The maximum Gasteiger partial charge on any atom is 0.213 e. The van der Waals surface area contributed by atoms with E-state index in [9.17, 15) is 4.79 Å². The number of rotatable bonds is 5. The van der Waals surface area contributed by atoms with E-state index in [0.29, 0.717) is 29.4 Å². The SMILES string of the molecule is COCCn1ncc(Cl)c1C(=O)c1cc(C)ccc1Br. The fourth-order valence-corrected chi connectivity index (χ4v) is 2.53. The van der Waals surface area contributed by atoms with Gasteiger partial charge in [0.15, 0.2) is 0 Å². The Labute approximate surface area is 130 Å². The molecule has 0 spiro atoms. The van der Waals surface area contributed by atoms with Crippen molar-refractivity contribution in [2.75, 3.05) is 13.7 Å². The van der Waals surface area contributed by atoms with Gasteiger partial charge in [0.25, 0.3) is 0 Å². The van der Waals surface area contributed by atoms with Crippen LogP contribution in [-0.4, -0.2) is 29.3 Å². The van der Waals surface area contributed by atoms with E-state index in [4.69, 9.17) is 16.3 Å². The fraction of sp³-hybridized carbons (Fsp3) is 0.286. The molecule has 20 heavy (non-hydrogen) atoms. The third kappa shape index (κ3) is 3.11. The molecule has 0 saturated heterocycles. The number of carbonyl (C=O) groups excluding carboxylic acids is 1. The summed E-state index contributed by atoms with van der Waals surface area (Å²) in [5.74, 6) is -0.154. The molecule has 0 fully saturated rings. The van der Waals surface area contributed by atoms with Crippen molar-refractivity contribution < 1.29 is 9.53 Å². The summed E-state index contributed by atoms with van der Waals surface area (Å²) in [5, 5.41) is 4.47. The minimum Gasteiger partial charge on any atom is -0.383 e. The second-order valence-electron chi connectivity index (χ2n) is 4.37. The molecule has 6 heteroatoms. The number of aryl methyl sites for hydroxylation is 1. The van der Waals surface area contributed by atoms with E-state index >= 15 is 0 Å². The van der Waals surface area contributed by atoms with Crippen molar-refractivity contribution >= 4 is 33.3 Å². The monoisotopic (exact) mass is 356 g/mol. The zero-order chi connectivity index (χ0) is 14.7. The molecule has 4 nitrogen and oxygen atoms in total. The van der Waals surface area contributed by atoms with Crippen molar-refractivity contribution in [3.8, 4) is 0 Å². The molecule has 0 aliphatic rings. The molecule has 0 N–H and O–H groups in total. The molecule has 0 radical (unpaired) electrons. The maximum absolute atomic E-state index is 12.7. The van der Waals surface area contributed by atoms with Crippen LogP contribution >= 0.6 is 27.5 Å². The van der Waals surface area contributed by atoms with Gasteiger partial charge in [0.05, 0.1) is 24.4 Å². The number of halogens is 2. The third-order valence-electron chi connectivity index (χ3n) is 2.88. The van der Waals surface area contributed by atoms with Crippen LogP contribution in [0.3, 0.4) is 0 Å². The molecular formula is C14H14BrClN2O2. The van der Waals surface area contributed by atoms with Crippen LogP contribution in [0.4, 0.5) is 0 Å². The standard InChI is InChI=1S/C14H14BrClN2O2/c1-9-3-4-11(15)10(7-9)14(19)13-12(16)8-17-18(13)5-6-20-2/h3-4,7-8H,5-6H2,1-2H3. The molecule has 0 aliphatic heterocycles. The van der Waals surface area contributed by atoms with E-state index in [1.165, 1.54) is 6.20 Å². The Balaban J connectivity index is 2.42. The Morgan fingerprint density at radius 3 is 2.95 bits per heavy atom. The van der Waals surface area contributed by atoms with E-state index in [-0.39, 0.29) is 5.78 Å². The second kappa shape index (κ2) is 6.52. The summed E-state index contributed by atoms with van der Waals surface area (Å²) in [6, 6.07) is 5.62. The predicted molar refractivity (Wildman–Crippen MR) is 81.4 cm³/mol. The van der Waals surface area contributed by atoms with Gasteiger partial charge >= 0.3 is 0 Å². The first-order valence-electron chi connectivity index (χ1n) is 6.05. The lowest BCUT2D eigenvalue weighted by Gasteiger charge is -2.09. The first-order chi connectivity index (χ1) is 9.54. The molecule has 2 aromatic rings. The molecule has 1 heterocycles. The van der Waals surface area contributed by atoms with Gasteiger partial charge in [0.1, 0.15) is 5.69 Å². The highest BCUT2D eigenvalue weighted by Crippen LogP contribution is 2.25.